The third kappa shape index (κ3) is 2.72. The van der Waals surface area contributed by atoms with Crippen LogP contribution in [0.2, 0.25) is 0 Å². The minimum atomic E-state index is 0.198. The number of benzene rings is 1. The highest BCUT2D eigenvalue weighted by molar-refractivity contribution is 7.99. The molecule has 0 radical (unpaired) electrons. The maximum atomic E-state index is 5.99. The predicted molar refractivity (Wildman–Crippen MR) is 103 cm³/mol. The van der Waals surface area contributed by atoms with Crippen LogP contribution in [-0.2, 0) is 6.54 Å². The van der Waals surface area contributed by atoms with Crippen LogP contribution in [-0.4, -0.2) is 43.1 Å². The Morgan fingerprint density at radius 3 is 2.86 bits per heavy atom. The second kappa shape index (κ2) is 6.69. The molecule has 1 aliphatic heterocycles. The molecule has 1 aliphatic rings. The van der Waals surface area contributed by atoms with Gasteiger partial charge in [-0.15, -0.1) is 0 Å². The molecular formula is C17H16N8O2S. The Bertz CT molecular complexity index is 1160. The molecule has 0 aliphatic carbocycles. The van der Waals surface area contributed by atoms with E-state index >= 15 is 0 Å². The summed E-state index contributed by atoms with van der Waals surface area (Å²) in [5.41, 5.74) is 14.8. The lowest BCUT2D eigenvalue weighted by atomic mass is 10.1. The summed E-state index contributed by atoms with van der Waals surface area (Å²) in [5.74, 6) is 1.72. The van der Waals surface area contributed by atoms with Crippen LogP contribution in [0.5, 0.6) is 11.5 Å². The molecule has 0 spiro atoms. The molecule has 0 bridgehead atoms. The fourth-order valence-corrected chi connectivity index (χ4v) is 4.13. The summed E-state index contributed by atoms with van der Waals surface area (Å²) < 4.78 is 13.0. The summed E-state index contributed by atoms with van der Waals surface area (Å²) in [6.45, 7) is 1.19. The molecule has 11 heteroatoms. The highest BCUT2D eigenvalue weighted by Crippen LogP contribution is 2.44. The number of nitrogens with two attached hydrogens (primary N) is 2. The maximum Gasteiger partial charge on any atom is 0.231 e. The Balaban J connectivity index is 1.65. The van der Waals surface area contributed by atoms with Gasteiger partial charge in [0.05, 0.1) is 5.69 Å². The van der Waals surface area contributed by atoms with Crippen LogP contribution in [0.1, 0.15) is 0 Å². The van der Waals surface area contributed by atoms with Gasteiger partial charge in [0.2, 0.25) is 6.79 Å². The van der Waals surface area contributed by atoms with Crippen LogP contribution < -0.4 is 20.9 Å². The Hall–Kier alpha value is -3.31. The number of hydrogen-bond donors (Lipinski definition) is 3. The van der Waals surface area contributed by atoms with Crippen molar-refractivity contribution < 1.29 is 9.47 Å². The molecule has 0 unspecified atom stereocenters. The molecule has 4 heterocycles. The highest BCUT2D eigenvalue weighted by Gasteiger charge is 2.22. The Morgan fingerprint density at radius 1 is 1.21 bits per heavy atom. The van der Waals surface area contributed by atoms with Crippen molar-refractivity contribution in [3.63, 3.8) is 0 Å². The quantitative estimate of drug-likeness (QED) is 0.458. The lowest BCUT2D eigenvalue weighted by molar-refractivity contribution is 0.174. The van der Waals surface area contributed by atoms with E-state index in [0.29, 0.717) is 46.7 Å². The molecule has 0 amide bonds. The van der Waals surface area contributed by atoms with E-state index in [2.05, 4.69) is 25.1 Å². The Kier molecular flexibility index (Phi) is 4.02. The van der Waals surface area contributed by atoms with Crippen molar-refractivity contribution in [3.8, 4) is 22.8 Å². The fraction of sp³-hybridized carbons (Fsp3) is 0.176. The van der Waals surface area contributed by atoms with Gasteiger partial charge in [-0.25, -0.2) is 15.0 Å². The van der Waals surface area contributed by atoms with E-state index in [0.717, 1.165) is 16.2 Å². The van der Waals surface area contributed by atoms with Gasteiger partial charge in [0, 0.05) is 29.7 Å². The van der Waals surface area contributed by atoms with Gasteiger partial charge < -0.3 is 25.5 Å². The minimum absolute atomic E-state index is 0.198. The number of rotatable bonds is 5. The van der Waals surface area contributed by atoms with Crippen LogP contribution in [0.4, 0.5) is 5.82 Å². The van der Waals surface area contributed by atoms with E-state index < -0.39 is 0 Å². The topological polar surface area (TPSA) is 143 Å². The van der Waals surface area contributed by atoms with E-state index in [9.17, 15) is 0 Å². The number of imidazole rings is 1. The van der Waals surface area contributed by atoms with E-state index in [4.69, 9.17) is 20.9 Å². The van der Waals surface area contributed by atoms with Gasteiger partial charge in [0.1, 0.15) is 6.33 Å². The van der Waals surface area contributed by atoms with Crippen molar-refractivity contribution in [2.75, 3.05) is 19.1 Å². The number of nitrogens with one attached hydrogen (secondary N) is 1. The van der Waals surface area contributed by atoms with E-state index in [1.54, 1.807) is 6.20 Å². The van der Waals surface area contributed by atoms with Crippen molar-refractivity contribution >= 4 is 28.7 Å². The van der Waals surface area contributed by atoms with Crippen molar-refractivity contribution in [2.45, 2.75) is 16.6 Å². The largest absolute Gasteiger partial charge is 0.454 e. The van der Waals surface area contributed by atoms with Crippen molar-refractivity contribution in [1.82, 2.24) is 29.7 Å². The standard InChI is InChI=1S/C17H16N8O2S/c18-2-4-25-16-14(15(19)20-7-21-16)23-17(25)28-13-6-12-11(26-8-27-12)5-9(13)10-1-3-22-24-10/h1,3,5-7H,2,4,8,18H2,(H,22,24)(H2,19,20,21). The molecule has 0 saturated heterocycles. The zero-order chi connectivity index (χ0) is 19.1. The first kappa shape index (κ1) is 16.8. The first-order chi connectivity index (χ1) is 13.7. The third-order valence-electron chi connectivity index (χ3n) is 4.34. The summed E-state index contributed by atoms with van der Waals surface area (Å²) in [7, 11) is 0. The summed E-state index contributed by atoms with van der Waals surface area (Å²) in [6, 6.07) is 5.76. The molecule has 5 rings (SSSR count). The Labute approximate surface area is 163 Å². The van der Waals surface area contributed by atoms with Crippen LogP contribution >= 0.6 is 11.8 Å². The van der Waals surface area contributed by atoms with Gasteiger partial charge in [-0.1, -0.05) is 11.8 Å². The summed E-state index contributed by atoms with van der Waals surface area (Å²) in [6.07, 6.45) is 3.13. The number of anilines is 1. The average Bonchev–Trinajstić information content (AvgIpc) is 3.43. The second-order valence-electron chi connectivity index (χ2n) is 6.04. The van der Waals surface area contributed by atoms with Gasteiger partial charge in [-0.3, -0.25) is 5.10 Å². The highest BCUT2D eigenvalue weighted by atomic mass is 32.2. The van der Waals surface area contributed by atoms with Gasteiger partial charge in [0.25, 0.3) is 0 Å². The molecule has 142 valence electrons. The molecule has 10 nitrogen and oxygen atoms in total. The second-order valence-corrected chi connectivity index (χ2v) is 7.05. The van der Waals surface area contributed by atoms with Crippen LogP contribution in [0, 0.1) is 0 Å². The maximum absolute atomic E-state index is 5.99. The van der Waals surface area contributed by atoms with Crippen molar-refractivity contribution in [3.05, 3.63) is 30.7 Å². The molecule has 5 N–H and O–H groups in total. The number of nitrogen functional groups attached to an aromatic ring is 1. The van der Waals surface area contributed by atoms with Gasteiger partial charge in [-0.2, -0.15) is 5.10 Å². The van der Waals surface area contributed by atoms with Crippen LogP contribution in [0.25, 0.3) is 22.4 Å². The predicted octanol–water partition coefficient (Wildman–Crippen LogP) is 1.64. The molecule has 3 aromatic heterocycles. The smallest absolute Gasteiger partial charge is 0.231 e. The number of H-pyrrole nitrogens is 1. The minimum Gasteiger partial charge on any atom is -0.454 e. The molecule has 4 aromatic rings. The number of hydrogen-bond acceptors (Lipinski definition) is 9. The number of nitrogens with zero attached hydrogens (tertiary/aromatic N) is 5. The number of ether oxygens (including phenoxy) is 2. The molecule has 0 atom stereocenters. The lowest BCUT2D eigenvalue weighted by Gasteiger charge is -2.11. The van der Waals surface area contributed by atoms with Crippen LogP contribution in [0.3, 0.4) is 0 Å². The molecule has 1 aromatic carbocycles. The first-order valence-corrected chi connectivity index (χ1v) is 9.34. The third-order valence-corrected chi connectivity index (χ3v) is 5.40. The van der Waals surface area contributed by atoms with E-state index in [-0.39, 0.29) is 6.79 Å². The van der Waals surface area contributed by atoms with E-state index in [1.165, 1.54) is 18.1 Å². The van der Waals surface area contributed by atoms with Crippen LogP contribution in [0.15, 0.2) is 40.8 Å². The molecule has 0 saturated carbocycles. The first-order valence-electron chi connectivity index (χ1n) is 8.52. The zero-order valence-corrected chi connectivity index (χ0v) is 15.4. The van der Waals surface area contributed by atoms with Gasteiger partial charge in [-0.05, 0) is 18.2 Å². The SMILES string of the molecule is NCCn1c(Sc2cc3c(cc2-c2ccn[nH]2)OCO3)nc2c(N)ncnc21. The molecule has 28 heavy (non-hydrogen) atoms. The van der Waals surface area contributed by atoms with Gasteiger partial charge in [0.15, 0.2) is 33.6 Å². The number of aromatic amines is 1. The number of fused-ring (bicyclic) bond motifs is 2. The Morgan fingerprint density at radius 2 is 2.07 bits per heavy atom. The van der Waals surface area contributed by atoms with Crippen molar-refractivity contribution in [2.24, 2.45) is 5.73 Å². The normalized spacial score (nSPS) is 12.8. The monoisotopic (exact) mass is 396 g/mol. The molecule has 0 fully saturated rings. The molecular weight excluding hydrogens is 380 g/mol. The zero-order valence-electron chi connectivity index (χ0n) is 14.6. The lowest BCUT2D eigenvalue weighted by Crippen LogP contribution is -2.11. The summed E-state index contributed by atoms with van der Waals surface area (Å²) in [4.78, 5) is 14.0. The average molecular weight is 396 g/mol. The van der Waals surface area contributed by atoms with E-state index in [1.807, 2.05) is 22.8 Å². The fourth-order valence-electron chi connectivity index (χ4n) is 3.07. The van der Waals surface area contributed by atoms with Crippen molar-refractivity contribution in [1.29, 1.82) is 0 Å². The number of aromatic nitrogens is 6. The van der Waals surface area contributed by atoms with Gasteiger partial charge >= 0.3 is 0 Å². The summed E-state index contributed by atoms with van der Waals surface area (Å²) in [5, 5.41) is 7.77. The summed E-state index contributed by atoms with van der Waals surface area (Å²) >= 11 is 1.47.